The molecule has 0 heterocycles. The second-order valence-corrected chi connectivity index (χ2v) is 3.55. The highest BCUT2D eigenvalue weighted by atomic mass is 16.3. The molecular weight excluding hydrogens is 198 g/mol. The van der Waals surface area contributed by atoms with E-state index in [0.717, 1.165) is 16.8 Å². The maximum atomic E-state index is 9.14. The van der Waals surface area contributed by atoms with E-state index < -0.39 is 0 Å². The van der Waals surface area contributed by atoms with Gasteiger partial charge >= 0.3 is 0 Å². The average molecular weight is 211 g/mol. The van der Waals surface area contributed by atoms with Gasteiger partial charge in [-0.15, -0.1) is 0 Å². The molecule has 2 heteroatoms. The molecule has 0 saturated carbocycles. The number of rotatable bonds is 2. The van der Waals surface area contributed by atoms with Gasteiger partial charge in [0, 0.05) is 5.69 Å². The maximum Gasteiger partial charge on any atom is 0.115 e. The predicted octanol–water partition coefficient (Wildman–Crippen LogP) is 3.14. The van der Waals surface area contributed by atoms with Gasteiger partial charge in [0.2, 0.25) is 0 Å². The van der Waals surface area contributed by atoms with Crippen LogP contribution in [0.25, 0.3) is 12.2 Å². The Morgan fingerprint density at radius 2 is 1.56 bits per heavy atom. The lowest BCUT2D eigenvalue weighted by Gasteiger charge is -1.98. The Bertz CT molecular complexity index is 500. The van der Waals surface area contributed by atoms with E-state index in [1.54, 1.807) is 12.1 Å². The average Bonchev–Trinajstić information content (AvgIpc) is 2.30. The van der Waals surface area contributed by atoms with Crippen LogP contribution in [0.3, 0.4) is 0 Å². The molecule has 2 nitrogen and oxygen atoms in total. The minimum absolute atomic E-state index is 0.274. The van der Waals surface area contributed by atoms with E-state index in [-0.39, 0.29) is 5.75 Å². The van der Waals surface area contributed by atoms with Crippen molar-refractivity contribution in [3.8, 4) is 5.75 Å². The van der Waals surface area contributed by atoms with Crippen molar-refractivity contribution < 1.29 is 5.11 Å². The zero-order valence-electron chi connectivity index (χ0n) is 8.80. The Morgan fingerprint density at radius 3 is 2.25 bits per heavy atom. The fourth-order valence-corrected chi connectivity index (χ4v) is 1.43. The maximum absolute atomic E-state index is 9.14. The third kappa shape index (κ3) is 2.42. The van der Waals surface area contributed by atoms with E-state index in [4.69, 9.17) is 10.8 Å². The summed E-state index contributed by atoms with van der Waals surface area (Å²) in [7, 11) is 0. The van der Waals surface area contributed by atoms with Gasteiger partial charge in [-0.1, -0.05) is 42.5 Å². The molecule has 0 aliphatic heterocycles. The Hall–Kier alpha value is -2.22. The minimum atomic E-state index is 0.274. The second kappa shape index (κ2) is 4.53. The van der Waals surface area contributed by atoms with Crippen molar-refractivity contribution in [2.75, 3.05) is 5.73 Å². The van der Waals surface area contributed by atoms with Crippen LogP contribution >= 0.6 is 0 Å². The molecule has 0 saturated heterocycles. The largest absolute Gasteiger partial charge is 0.508 e. The van der Waals surface area contributed by atoms with Gasteiger partial charge in [-0.25, -0.2) is 0 Å². The molecule has 0 amide bonds. The normalized spacial score (nSPS) is 10.8. The SMILES string of the molecule is Nc1ccccc1C=Cc1ccc(O)cc1. The molecule has 0 fully saturated rings. The summed E-state index contributed by atoms with van der Waals surface area (Å²) in [5, 5.41) is 9.14. The van der Waals surface area contributed by atoms with Gasteiger partial charge in [-0.3, -0.25) is 0 Å². The van der Waals surface area contributed by atoms with E-state index in [2.05, 4.69) is 0 Å². The van der Waals surface area contributed by atoms with E-state index in [9.17, 15) is 0 Å². The molecule has 0 bridgehead atoms. The van der Waals surface area contributed by atoms with Crippen molar-refractivity contribution in [3.05, 3.63) is 59.7 Å². The van der Waals surface area contributed by atoms with Crippen LogP contribution in [-0.2, 0) is 0 Å². The summed E-state index contributed by atoms with van der Waals surface area (Å²) in [5.41, 5.74) is 8.60. The topological polar surface area (TPSA) is 46.2 Å². The molecule has 2 aromatic rings. The molecular formula is C14H13NO. The number of nitrogens with two attached hydrogens (primary N) is 1. The van der Waals surface area contributed by atoms with Crippen LogP contribution < -0.4 is 5.73 Å². The van der Waals surface area contributed by atoms with E-state index in [0.29, 0.717) is 0 Å². The first-order valence-electron chi connectivity index (χ1n) is 5.07. The number of phenolic OH excluding ortho intramolecular Hbond substituents is 1. The van der Waals surface area contributed by atoms with E-state index in [1.807, 2.05) is 48.6 Å². The Balaban J connectivity index is 2.21. The van der Waals surface area contributed by atoms with E-state index in [1.165, 1.54) is 0 Å². The molecule has 0 aromatic heterocycles. The van der Waals surface area contributed by atoms with Crippen LogP contribution in [0.2, 0.25) is 0 Å². The van der Waals surface area contributed by atoms with Gasteiger partial charge in [0.25, 0.3) is 0 Å². The molecule has 0 spiro atoms. The van der Waals surface area contributed by atoms with Crippen LogP contribution in [-0.4, -0.2) is 5.11 Å². The zero-order valence-corrected chi connectivity index (χ0v) is 8.80. The minimum Gasteiger partial charge on any atom is -0.508 e. The molecule has 3 N–H and O–H groups in total. The van der Waals surface area contributed by atoms with Gasteiger partial charge in [0.1, 0.15) is 5.75 Å². The fraction of sp³-hybridized carbons (Fsp3) is 0. The Morgan fingerprint density at radius 1 is 0.875 bits per heavy atom. The van der Waals surface area contributed by atoms with Crippen molar-refractivity contribution in [3.63, 3.8) is 0 Å². The summed E-state index contributed by atoms with van der Waals surface area (Å²) >= 11 is 0. The van der Waals surface area contributed by atoms with Crippen molar-refractivity contribution in [1.82, 2.24) is 0 Å². The van der Waals surface area contributed by atoms with Gasteiger partial charge < -0.3 is 10.8 Å². The highest BCUT2D eigenvalue weighted by Crippen LogP contribution is 2.16. The fourth-order valence-electron chi connectivity index (χ4n) is 1.43. The van der Waals surface area contributed by atoms with Crippen molar-refractivity contribution >= 4 is 17.8 Å². The zero-order chi connectivity index (χ0) is 11.4. The van der Waals surface area contributed by atoms with Gasteiger partial charge in [0.05, 0.1) is 0 Å². The summed E-state index contributed by atoms with van der Waals surface area (Å²) in [6, 6.07) is 14.7. The van der Waals surface area contributed by atoms with Crippen LogP contribution in [0, 0.1) is 0 Å². The van der Waals surface area contributed by atoms with Crippen molar-refractivity contribution in [2.45, 2.75) is 0 Å². The summed E-state index contributed by atoms with van der Waals surface area (Å²) < 4.78 is 0. The predicted molar refractivity (Wildman–Crippen MR) is 67.9 cm³/mol. The molecule has 0 radical (unpaired) electrons. The molecule has 80 valence electrons. The standard InChI is InChI=1S/C14H13NO/c15-14-4-2-1-3-12(14)8-5-11-6-9-13(16)10-7-11/h1-10,16H,15H2. The monoisotopic (exact) mass is 211 g/mol. The highest BCUT2D eigenvalue weighted by molar-refractivity contribution is 5.75. The number of hydrogen-bond acceptors (Lipinski definition) is 2. The number of aromatic hydroxyl groups is 1. The van der Waals surface area contributed by atoms with Gasteiger partial charge in [0.15, 0.2) is 0 Å². The van der Waals surface area contributed by atoms with Crippen LogP contribution in [0.5, 0.6) is 5.75 Å². The van der Waals surface area contributed by atoms with Crippen molar-refractivity contribution in [1.29, 1.82) is 0 Å². The molecule has 0 unspecified atom stereocenters. The first-order chi connectivity index (χ1) is 7.75. The first-order valence-corrected chi connectivity index (χ1v) is 5.07. The van der Waals surface area contributed by atoms with Crippen LogP contribution in [0.15, 0.2) is 48.5 Å². The third-order valence-electron chi connectivity index (χ3n) is 2.34. The lowest BCUT2D eigenvalue weighted by Crippen LogP contribution is -1.87. The third-order valence-corrected chi connectivity index (χ3v) is 2.34. The molecule has 0 aliphatic carbocycles. The Kier molecular flexibility index (Phi) is 2.92. The summed E-state index contributed by atoms with van der Waals surface area (Å²) in [5.74, 6) is 0.274. The summed E-state index contributed by atoms with van der Waals surface area (Å²) in [6.07, 6.45) is 3.92. The number of para-hydroxylation sites is 1. The lowest BCUT2D eigenvalue weighted by atomic mass is 10.1. The summed E-state index contributed by atoms with van der Waals surface area (Å²) in [6.45, 7) is 0. The number of phenols is 1. The van der Waals surface area contributed by atoms with Gasteiger partial charge in [-0.2, -0.15) is 0 Å². The molecule has 16 heavy (non-hydrogen) atoms. The van der Waals surface area contributed by atoms with Crippen molar-refractivity contribution in [2.24, 2.45) is 0 Å². The Labute approximate surface area is 94.7 Å². The highest BCUT2D eigenvalue weighted by Gasteiger charge is 1.92. The number of benzene rings is 2. The number of nitrogen functional groups attached to an aromatic ring is 1. The first kappa shape index (κ1) is 10.3. The van der Waals surface area contributed by atoms with E-state index >= 15 is 0 Å². The summed E-state index contributed by atoms with van der Waals surface area (Å²) in [4.78, 5) is 0. The lowest BCUT2D eigenvalue weighted by molar-refractivity contribution is 0.475. The van der Waals surface area contributed by atoms with Crippen LogP contribution in [0.4, 0.5) is 5.69 Å². The van der Waals surface area contributed by atoms with Crippen LogP contribution in [0.1, 0.15) is 11.1 Å². The number of hydrogen-bond donors (Lipinski definition) is 2. The quantitative estimate of drug-likeness (QED) is 0.592. The molecule has 0 atom stereocenters. The smallest absolute Gasteiger partial charge is 0.115 e. The number of anilines is 1. The molecule has 0 aliphatic rings. The second-order valence-electron chi connectivity index (χ2n) is 3.55. The molecule has 2 aromatic carbocycles. The van der Waals surface area contributed by atoms with Gasteiger partial charge in [-0.05, 0) is 29.3 Å². The molecule has 2 rings (SSSR count).